The normalized spacial score (nSPS) is 11.2. The quantitative estimate of drug-likeness (QED) is 0.385. The Morgan fingerprint density at radius 1 is 0.969 bits per heavy atom. The van der Waals surface area contributed by atoms with Crippen LogP contribution in [0.5, 0.6) is 0 Å². The van der Waals surface area contributed by atoms with Gasteiger partial charge >= 0.3 is 0 Å². The van der Waals surface area contributed by atoms with E-state index in [1.54, 1.807) is 42.6 Å². The Bertz CT molecular complexity index is 1370. The Morgan fingerprint density at radius 3 is 2.34 bits per heavy atom. The fourth-order valence-corrected chi connectivity index (χ4v) is 4.08. The summed E-state index contributed by atoms with van der Waals surface area (Å²) in [6.45, 7) is 0. The van der Waals surface area contributed by atoms with Gasteiger partial charge in [-0.1, -0.05) is 12.1 Å². The van der Waals surface area contributed by atoms with Crippen molar-refractivity contribution in [3.05, 3.63) is 102 Å². The average Bonchev–Trinajstić information content (AvgIpc) is 2.80. The number of nitrogens with zero attached hydrogens (tertiary/aromatic N) is 2. The second kappa shape index (κ2) is 8.56. The van der Waals surface area contributed by atoms with Gasteiger partial charge in [0.15, 0.2) is 0 Å². The molecule has 0 aliphatic rings. The number of nitrogen functional groups attached to an aromatic ring is 1. The van der Waals surface area contributed by atoms with Crippen molar-refractivity contribution in [2.75, 3.05) is 10.5 Å². The number of benzene rings is 2. The van der Waals surface area contributed by atoms with Gasteiger partial charge in [-0.3, -0.25) is 15.1 Å². The van der Waals surface area contributed by atoms with E-state index in [1.807, 2.05) is 0 Å². The summed E-state index contributed by atoms with van der Waals surface area (Å²) in [5.41, 5.74) is 8.87. The van der Waals surface area contributed by atoms with Crippen molar-refractivity contribution in [2.45, 2.75) is 4.90 Å². The molecule has 0 atom stereocenters. The first-order chi connectivity index (χ1) is 15.3. The summed E-state index contributed by atoms with van der Waals surface area (Å²) in [5, 5.41) is 8.43. The highest BCUT2D eigenvalue weighted by atomic mass is 32.2. The first-order valence-electron chi connectivity index (χ1n) is 9.47. The summed E-state index contributed by atoms with van der Waals surface area (Å²) in [6.07, 6.45) is 4.35. The molecule has 0 saturated carbocycles. The van der Waals surface area contributed by atoms with Crippen molar-refractivity contribution in [2.24, 2.45) is 0 Å². The van der Waals surface area contributed by atoms with Gasteiger partial charge in [0, 0.05) is 41.0 Å². The predicted molar refractivity (Wildman–Crippen MR) is 121 cm³/mol. The molecule has 32 heavy (non-hydrogen) atoms. The summed E-state index contributed by atoms with van der Waals surface area (Å²) in [5.74, 6) is -0.204. The molecular formula is C23H18FN5O2S. The Kier molecular flexibility index (Phi) is 5.65. The molecule has 0 unspecified atom stereocenters. The van der Waals surface area contributed by atoms with Crippen LogP contribution in [0.25, 0.3) is 11.1 Å². The second-order valence-electron chi connectivity index (χ2n) is 6.91. The molecule has 4 N–H and O–H groups in total. The van der Waals surface area contributed by atoms with Gasteiger partial charge in [-0.2, -0.15) is 0 Å². The van der Waals surface area contributed by atoms with E-state index in [0.717, 1.165) is 5.56 Å². The summed E-state index contributed by atoms with van der Waals surface area (Å²) >= 11 is 0. The Hall–Kier alpha value is -4.11. The molecule has 160 valence electrons. The fourth-order valence-electron chi connectivity index (χ4n) is 3.06. The highest BCUT2D eigenvalue weighted by Gasteiger charge is 2.15. The van der Waals surface area contributed by atoms with E-state index >= 15 is 0 Å². The highest BCUT2D eigenvalue weighted by molar-refractivity contribution is 7.92. The first-order valence-corrected chi connectivity index (χ1v) is 11.0. The van der Waals surface area contributed by atoms with Crippen LogP contribution in [0.2, 0.25) is 0 Å². The van der Waals surface area contributed by atoms with E-state index in [2.05, 4.69) is 14.7 Å². The smallest absolute Gasteiger partial charge is 0.263 e. The molecule has 9 heteroatoms. The summed E-state index contributed by atoms with van der Waals surface area (Å²) in [7, 11) is -3.74. The van der Waals surface area contributed by atoms with Gasteiger partial charge in [0.05, 0.1) is 5.71 Å². The molecular weight excluding hydrogens is 429 g/mol. The van der Waals surface area contributed by atoms with Crippen molar-refractivity contribution in [1.82, 2.24) is 9.97 Å². The molecule has 0 fully saturated rings. The van der Waals surface area contributed by atoms with E-state index in [4.69, 9.17) is 11.1 Å². The number of hydrogen-bond acceptors (Lipinski definition) is 6. The molecule has 0 saturated heterocycles. The zero-order chi connectivity index (χ0) is 22.7. The molecule has 0 aliphatic heterocycles. The number of hydrogen-bond donors (Lipinski definition) is 3. The topological polar surface area (TPSA) is 122 Å². The molecule has 2 aromatic heterocycles. The summed E-state index contributed by atoms with van der Waals surface area (Å²) in [6, 6.07) is 17.0. The highest BCUT2D eigenvalue weighted by Crippen LogP contribution is 2.26. The van der Waals surface area contributed by atoms with Crippen LogP contribution in [-0.4, -0.2) is 24.1 Å². The standard InChI is InChI=1S/C23H18FN5O2S/c24-18-7-3-16(4-8-18)22(25)21-12-17(13-28-23(21)26)15-5-9-19(10-6-15)29-32(30,31)20-2-1-11-27-14-20/h1-14,25,29H,(H2,26,28). The number of rotatable bonds is 6. The maximum Gasteiger partial charge on any atom is 0.263 e. The zero-order valence-electron chi connectivity index (χ0n) is 16.7. The number of halogens is 1. The van der Waals surface area contributed by atoms with Crippen molar-refractivity contribution in [1.29, 1.82) is 5.41 Å². The number of nitrogens with two attached hydrogens (primary N) is 1. The zero-order valence-corrected chi connectivity index (χ0v) is 17.5. The molecule has 0 bridgehead atoms. The van der Waals surface area contributed by atoms with E-state index < -0.39 is 10.0 Å². The Balaban J connectivity index is 1.59. The largest absolute Gasteiger partial charge is 0.383 e. The SMILES string of the molecule is N=C(c1ccc(F)cc1)c1cc(-c2ccc(NS(=O)(=O)c3cccnc3)cc2)cnc1N. The lowest BCUT2D eigenvalue weighted by molar-refractivity contribution is 0.601. The molecule has 0 radical (unpaired) electrons. The molecule has 0 spiro atoms. The minimum atomic E-state index is -3.74. The van der Waals surface area contributed by atoms with Crippen molar-refractivity contribution >= 4 is 27.2 Å². The number of sulfonamides is 1. The van der Waals surface area contributed by atoms with Gasteiger partial charge in [-0.15, -0.1) is 0 Å². The van der Waals surface area contributed by atoms with E-state index in [-0.39, 0.29) is 22.2 Å². The number of nitrogens with one attached hydrogen (secondary N) is 2. The van der Waals surface area contributed by atoms with Crippen LogP contribution < -0.4 is 10.5 Å². The van der Waals surface area contributed by atoms with Crippen LogP contribution >= 0.6 is 0 Å². The third-order valence-corrected chi connectivity index (χ3v) is 6.10. The lowest BCUT2D eigenvalue weighted by Gasteiger charge is -2.11. The van der Waals surface area contributed by atoms with Crippen LogP contribution in [0.3, 0.4) is 0 Å². The lowest BCUT2D eigenvalue weighted by atomic mass is 9.99. The molecule has 4 rings (SSSR count). The number of aromatic nitrogens is 2. The van der Waals surface area contributed by atoms with Gasteiger partial charge < -0.3 is 5.73 Å². The Labute approximate surface area is 184 Å². The summed E-state index contributed by atoms with van der Waals surface area (Å²) < 4.78 is 40.6. The van der Waals surface area contributed by atoms with E-state index in [0.29, 0.717) is 22.4 Å². The van der Waals surface area contributed by atoms with E-state index in [9.17, 15) is 12.8 Å². The van der Waals surface area contributed by atoms with Gasteiger partial charge in [-0.05, 0) is 60.2 Å². The van der Waals surface area contributed by atoms with Crippen LogP contribution in [0.1, 0.15) is 11.1 Å². The minimum Gasteiger partial charge on any atom is -0.383 e. The van der Waals surface area contributed by atoms with Crippen LogP contribution in [0.4, 0.5) is 15.9 Å². The number of pyridine rings is 2. The average molecular weight is 447 g/mol. The summed E-state index contributed by atoms with van der Waals surface area (Å²) in [4.78, 5) is 8.08. The maximum atomic E-state index is 13.2. The Morgan fingerprint density at radius 2 is 1.69 bits per heavy atom. The van der Waals surface area contributed by atoms with Crippen LogP contribution in [0.15, 0.2) is 90.2 Å². The molecule has 2 aromatic carbocycles. The lowest BCUT2D eigenvalue weighted by Crippen LogP contribution is -2.13. The van der Waals surface area contributed by atoms with Gasteiger partial charge in [-0.25, -0.2) is 17.8 Å². The predicted octanol–water partition coefficient (Wildman–Crippen LogP) is 4.08. The van der Waals surface area contributed by atoms with Crippen LogP contribution in [0, 0.1) is 11.2 Å². The fraction of sp³-hybridized carbons (Fsp3) is 0. The van der Waals surface area contributed by atoms with Crippen LogP contribution in [-0.2, 0) is 10.0 Å². The van der Waals surface area contributed by atoms with E-state index in [1.165, 1.54) is 42.7 Å². The van der Waals surface area contributed by atoms with Gasteiger partial charge in [0.25, 0.3) is 10.0 Å². The monoisotopic (exact) mass is 447 g/mol. The minimum absolute atomic E-state index is 0.0655. The molecule has 4 aromatic rings. The van der Waals surface area contributed by atoms with Gasteiger partial charge in [0.2, 0.25) is 0 Å². The third kappa shape index (κ3) is 4.47. The molecule has 7 nitrogen and oxygen atoms in total. The molecule has 0 amide bonds. The van der Waals surface area contributed by atoms with Crippen molar-refractivity contribution < 1.29 is 12.8 Å². The molecule has 2 heterocycles. The van der Waals surface area contributed by atoms with Crippen molar-refractivity contribution in [3.8, 4) is 11.1 Å². The second-order valence-corrected chi connectivity index (χ2v) is 8.59. The van der Waals surface area contributed by atoms with Crippen molar-refractivity contribution in [3.63, 3.8) is 0 Å². The first kappa shape index (κ1) is 21.1. The van der Waals surface area contributed by atoms with Gasteiger partial charge in [0.1, 0.15) is 16.5 Å². The molecule has 0 aliphatic carbocycles. The maximum absolute atomic E-state index is 13.2. The number of anilines is 2. The third-order valence-electron chi connectivity index (χ3n) is 4.74.